The summed E-state index contributed by atoms with van der Waals surface area (Å²) >= 11 is 0. The molecule has 0 heterocycles. The molecule has 0 saturated carbocycles. The molecule has 0 aliphatic carbocycles. The lowest BCUT2D eigenvalue weighted by Crippen LogP contribution is -1.86. The fourth-order valence-corrected chi connectivity index (χ4v) is 0.852. The van der Waals surface area contributed by atoms with E-state index in [1.165, 1.54) is 12.1 Å². The minimum Gasteiger partial charge on any atom is -0.258 e. The van der Waals surface area contributed by atoms with E-state index in [1.807, 2.05) is 6.07 Å². The third kappa shape index (κ3) is 2.62. The topological polar surface area (TPSA) is 66.9 Å². The maximum Gasteiger partial charge on any atom is 0.269 e. The van der Waals surface area contributed by atoms with Gasteiger partial charge in [-0.2, -0.15) is 5.26 Å². The Hall–Kier alpha value is -2.33. The molecule has 0 aliphatic heterocycles. The summed E-state index contributed by atoms with van der Waals surface area (Å²) in [7, 11) is 0. The van der Waals surface area contributed by atoms with E-state index >= 15 is 0 Å². The van der Waals surface area contributed by atoms with Crippen molar-refractivity contribution in [2.75, 3.05) is 0 Å². The van der Waals surface area contributed by atoms with E-state index in [9.17, 15) is 10.1 Å². The molecule has 1 rings (SSSR count). The van der Waals surface area contributed by atoms with Crippen LogP contribution in [0.1, 0.15) is 12.0 Å². The Morgan fingerprint density at radius 3 is 2.50 bits per heavy atom. The van der Waals surface area contributed by atoms with Crippen LogP contribution in [0, 0.1) is 33.3 Å². The molecule has 0 aromatic heterocycles. The van der Waals surface area contributed by atoms with Crippen LogP contribution in [-0.4, -0.2) is 4.92 Å². The van der Waals surface area contributed by atoms with Crippen LogP contribution in [0.25, 0.3) is 0 Å². The number of nitro groups is 1. The van der Waals surface area contributed by atoms with Gasteiger partial charge in [-0.05, 0) is 12.1 Å². The second-order valence-electron chi connectivity index (χ2n) is 2.44. The first-order valence-electron chi connectivity index (χ1n) is 3.84. The van der Waals surface area contributed by atoms with Crippen LogP contribution >= 0.6 is 0 Å². The molecule has 4 heteroatoms. The molecule has 0 atom stereocenters. The highest BCUT2D eigenvalue weighted by Gasteiger charge is 2.01. The number of nitro benzene ring substituents is 1. The standard InChI is InChI=1S/C10H6N2O2/c11-8-2-1-3-9-4-6-10(7-5-9)12(13)14/h4-7H,2H2. The molecule has 0 saturated heterocycles. The molecule has 4 nitrogen and oxygen atoms in total. The van der Waals surface area contributed by atoms with Crippen LogP contribution in [0.2, 0.25) is 0 Å². The monoisotopic (exact) mass is 186 g/mol. The average molecular weight is 186 g/mol. The number of rotatable bonds is 1. The number of benzene rings is 1. The van der Waals surface area contributed by atoms with Crippen molar-refractivity contribution in [2.24, 2.45) is 0 Å². The molecular formula is C10H6N2O2. The van der Waals surface area contributed by atoms with Gasteiger partial charge in [0.25, 0.3) is 5.69 Å². The van der Waals surface area contributed by atoms with E-state index in [0.29, 0.717) is 5.56 Å². The maximum atomic E-state index is 10.3. The Bertz CT molecular complexity index is 432. The number of non-ortho nitro benzene ring substituents is 1. The second-order valence-corrected chi connectivity index (χ2v) is 2.44. The molecule has 0 spiro atoms. The van der Waals surface area contributed by atoms with Gasteiger partial charge in [0.1, 0.15) is 0 Å². The lowest BCUT2D eigenvalue weighted by Gasteiger charge is -1.90. The summed E-state index contributed by atoms with van der Waals surface area (Å²) in [5.74, 6) is 5.34. The lowest BCUT2D eigenvalue weighted by molar-refractivity contribution is -0.384. The second kappa shape index (κ2) is 4.64. The smallest absolute Gasteiger partial charge is 0.258 e. The van der Waals surface area contributed by atoms with Crippen LogP contribution in [-0.2, 0) is 0 Å². The van der Waals surface area contributed by atoms with Crippen molar-refractivity contribution in [1.29, 1.82) is 5.26 Å². The molecule has 0 amide bonds. The molecule has 0 fully saturated rings. The van der Waals surface area contributed by atoms with Gasteiger partial charge in [-0.15, -0.1) is 0 Å². The van der Waals surface area contributed by atoms with Gasteiger partial charge in [0.05, 0.1) is 17.4 Å². The van der Waals surface area contributed by atoms with Crippen molar-refractivity contribution >= 4 is 5.69 Å². The Labute approximate surface area is 80.9 Å². The number of hydrogen-bond donors (Lipinski definition) is 0. The summed E-state index contributed by atoms with van der Waals surface area (Å²) in [5.41, 5.74) is 0.710. The summed E-state index contributed by atoms with van der Waals surface area (Å²) < 4.78 is 0. The Morgan fingerprint density at radius 2 is 2.00 bits per heavy atom. The molecule has 1 aromatic rings. The van der Waals surface area contributed by atoms with Crippen molar-refractivity contribution in [3.63, 3.8) is 0 Å². The van der Waals surface area contributed by atoms with Gasteiger partial charge >= 0.3 is 0 Å². The van der Waals surface area contributed by atoms with Gasteiger partial charge in [0.15, 0.2) is 0 Å². The number of nitriles is 1. The predicted octanol–water partition coefficient (Wildman–Crippen LogP) is 1.86. The summed E-state index contributed by atoms with van der Waals surface area (Å²) in [4.78, 5) is 9.83. The molecule has 0 aliphatic rings. The van der Waals surface area contributed by atoms with Crippen LogP contribution in [0.5, 0.6) is 0 Å². The summed E-state index contributed by atoms with van der Waals surface area (Å²) in [5, 5.41) is 18.5. The zero-order valence-electron chi connectivity index (χ0n) is 7.23. The van der Waals surface area contributed by atoms with Gasteiger partial charge in [0.2, 0.25) is 0 Å². The Morgan fingerprint density at radius 1 is 1.36 bits per heavy atom. The van der Waals surface area contributed by atoms with Crippen LogP contribution in [0.15, 0.2) is 24.3 Å². The van der Waals surface area contributed by atoms with E-state index in [1.54, 1.807) is 12.1 Å². The molecular weight excluding hydrogens is 180 g/mol. The van der Waals surface area contributed by atoms with Gasteiger partial charge in [-0.1, -0.05) is 11.8 Å². The van der Waals surface area contributed by atoms with Crippen molar-refractivity contribution in [3.8, 4) is 17.9 Å². The molecule has 1 aromatic carbocycles. The van der Waals surface area contributed by atoms with Crippen LogP contribution in [0.3, 0.4) is 0 Å². The molecule has 14 heavy (non-hydrogen) atoms. The van der Waals surface area contributed by atoms with E-state index < -0.39 is 4.92 Å². The van der Waals surface area contributed by atoms with Crippen molar-refractivity contribution < 1.29 is 4.92 Å². The normalized spacial score (nSPS) is 8.21. The number of nitrogens with zero attached hydrogens (tertiary/aromatic N) is 2. The summed E-state index contributed by atoms with van der Waals surface area (Å²) in [6.07, 6.45) is 0.164. The highest BCUT2D eigenvalue weighted by molar-refractivity contribution is 5.41. The largest absolute Gasteiger partial charge is 0.269 e. The lowest BCUT2D eigenvalue weighted by atomic mass is 10.2. The van der Waals surface area contributed by atoms with Crippen LogP contribution < -0.4 is 0 Å². The third-order valence-electron chi connectivity index (χ3n) is 1.48. The van der Waals surface area contributed by atoms with Crippen LogP contribution in [0.4, 0.5) is 5.69 Å². The Balaban J connectivity index is 2.81. The highest BCUT2D eigenvalue weighted by Crippen LogP contribution is 2.10. The maximum absolute atomic E-state index is 10.3. The van der Waals surface area contributed by atoms with E-state index in [4.69, 9.17) is 5.26 Å². The van der Waals surface area contributed by atoms with Crippen molar-refractivity contribution in [3.05, 3.63) is 39.9 Å². The van der Waals surface area contributed by atoms with E-state index in [2.05, 4.69) is 11.8 Å². The molecule has 0 unspecified atom stereocenters. The first kappa shape index (κ1) is 9.76. The highest BCUT2D eigenvalue weighted by atomic mass is 16.6. The quantitative estimate of drug-likeness (QED) is 0.382. The summed E-state index contributed by atoms with van der Waals surface area (Å²) in [6, 6.07) is 7.77. The van der Waals surface area contributed by atoms with Gasteiger partial charge in [-0.3, -0.25) is 10.1 Å². The van der Waals surface area contributed by atoms with E-state index in [-0.39, 0.29) is 12.1 Å². The minimum atomic E-state index is -0.466. The number of hydrogen-bond acceptors (Lipinski definition) is 3. The molecule has 68 valence electrons. The van der Waals surface area contributed by atoms with E-state index in [0.717, 1.165) is 0 Å². The van der Waals surface area contributed by atoms with Crippen molar-refractivity contribution in [2.45, 2.75) is 6.42 Å². The predicted molar refractivity (Wildman–Crippen MR) is 50.2 cm³/mol. The zero-order chi connectivity index (χ0) is 10.4. The first-order valence-corrected chi connectivity index (χ1v) is 3.84. The fourth-order valence-electron chi connectivity index (χ4n) is 0.852. The summed E-state index contributed by atoms with van der Waals surface area (Å²) in [6.45, 7) is 0. The Kier molecular flexibility index (Phi) is 3.23. The van der Waals surface area contributed by atoms with Gasteiger partial charge < -0.3 is 0 Å². The molecule has 0 bridgehead atoms. The zero-order valence-corrected chi connectivity index (χ0v) is 7.23. The van der Waals surface area contributed by atoms with Crippen molar-refractivity contribution in [1.82, 2.24) is 0 Å². The van der Waals surface area contributed by atoms with Gasteiger partial charge in [-0.25, -0.2) is 0 Å². The fraction of sp³-hybridized carbons (Fsp3) is 0.100. The van der Waals surface area contributed by atoms with Gasteiger partial charge in [0, 0.05) is 17.7 Å². The SMILES string of the molecule is N#CCC#Cc1ccc([N+](=O)[O-])cc1. The molecule has 0 N–H and O–H groups in total. The first-order chi connectivity index (χ1) is 6.74. The third-order valence-corrected chi connectivity index (χ3v) is 1.48. The minimum absolute atomic E-state index is 0.0378. The average Bonchev–Trinajstić information content (AvgIpc) is 2.19. The molecule has 0 radical (unpaired) electrons.